The number of rotatable bonds is 7. The highest BCUT2D eigenvalue weighted by Crippen LogP contribution is 2.35. The molecule has 0 radical (unpaired) electrons. The first-order valence-electron chi connectivity index (χ1n) is 12.6. The summed E-state index contributed by atoms with van der Waals surface area (Å²) in [7, 11) is 1.87. The molecule has 6 nitrogen and oxygen atoms in total. The van der Waals surface area contributed by atoms with Crippen LogP contribution >= 0.6 is 11.3 Å². The highest BCUT2D eigenvalue weighted by atomic mass is 32.1. The molecule has 190 valence electrons. The van der Waals surface area contributed by atoms with Gasteiger partial charge in [0, 0.05) is 43.7 Å². The third-order valence-corrected chi connectivity index (χ3v) is 7.96. The Labute approximate surface area is 217 Å². The minimum absolute atomic E-state index is 0.00980. The molecule has 0 spiro atoms. The Kier molecular flexibility index (Phi) is 7.91. The second-order valence-corrected chi connectivity index (χ2v) is 11.3. The summed E-state index contributed by atoms with van der Waals surface area (Å²) in [5.74, 6) is 0.993. The van der Waals surface area contributed by atoms with Crippen LogP contribution in [0.5, 0.6) is 0 Å². The van der Waals surface area contributed by atoms with Gasteiger partial charge in [-0.25, -0.2) is 4.98 Å². The van der Waals surface area contributed by atoms with E-state index >= 15 is 0 Å². The number of hydrogen-bond donors (Lipinski definition) is 2. The lowest BCUT2D eigenvalue weighted by molar-refractivity contribution is -0.130. The quantitative estimate of drug-likeness (QED) is 0.411. The molecule has 0 bridgehead atoms. The van der Waals surface area contributed by atoms with E-state index in [-0.39, 0.29) is 17.9 Å². The first kappa shape index (κ1) is 26.0. The standard InChI is InChI=1S/C29H36N4O2S/c1-19(34)33(4)24-11-5-20(6-12-24)15-28(35)32-27-16-25(22-13-14-36-18-22)26(17-31-27)21-7-9-23(10-8-21)29(2,3)30/h7-10,13-14,16-18,20,24H,5-6,11-12,15,30H2,1-4H3,(H,31,32,35). The number of amides is 2. The van der Waals surface area contributed by atoms with Crippen molar-refractivity contribution in [2.45, 2.75) is 64.5 Å². The van der Waals surface area contributed by atoms with Gasteiger partial charge < -0.3 is 16.0 Å². The SMILES string of the molecule is CC(=O)N(C)C1CCC(CC(=O)Nc2cc(-c3ccsc3)c(-c3ccc(C(C)(C)N)cc3)cn2)CC1. The monoisotopic (exact) mass is 504 g/mol. The molecule has 3 N–H and O–H groups in total. The third kappa shape index (κ3) is 6.20. The lowest BCUT2D eigenvalue weighted by atomic mass is 9.83. The van der Waals surface area contributed by atoms with Crippen molar-refractivity contribution in [2.24, 2.45) is 11.7 Å². The summed E-state index contributed by atoms with van der Waals surface area (Å²) < 4.78 is 0. The van der Waals surface area contributed by atoms with Crippen LogP contribution in [0, 0.1) is 5.92 Å². The summed E-state index contributed by atoms with van der Waals surface area (Å²) in [5.41, 5.74) is 11.1. The lowest BCUT2D eigenvalue weighted by Gasteiger charge is -2.34. The normalized spacial score (nSPS) is 18.0. The fourth-order valence-electron chi connectivity index (χ4n) is 4.94. The summed E-state index contributed by atoms with van der Waals surface area (Å²) >= 11 is 1.64. The van der Waals surface area contributed by atoms with Crippen LogP contribution in [0.4, 0.5) is 5.82 Å². The molecule has 2 heterocycles. The van der Waals surface area contributed by atoms with Gasteiger partial charge >= 0.3 is 0 Å². The largest absolute Gasteiger partial charge is 0.343 e. The number of benzene rings is 1. The molecule has 4 rings (SSSR count). The predicted molar refractivity (Wildman–Crippen MR) is 148 cm³/mol. The summed E-state index contributed by atoms with van der Waals surface area (Å²) in [4.78, 5) is 30.9. The van der Waals surface area contributed by atoms with Gasteiger partial charge in [0.1, 0.15) is 5.82 Å². The van der Waals surface area contributed by atoms with Crippen molar-refractivity contribution in [1.82, 2.24) is 9.88 Å². The van der Waals surface area contributed by atoms with Gasteiger partial charge in [-0.3, -0.25) is 9.59 Å². The van der Waals surface area contributed by atoms with E-state index in [9.17, 15) is 9.59 Å². The summed E-state index contributed by atoms with van der Waals surface area (Å²) in [6, 6.07) is 12.6. The van der Waals surface area contributed by atoms with Crippen LogP contribution in [-0.4, -0.2) is 34.8 Å². The molecule has 1 aromatic carbocycles. The van der Waals surface area contributed by atoms with Gasteiger partial charge in [-0.2, -0.15) is 11.3 Å². The molecular formula is C29H36N4O2S. The fourth-order valence-corrected chi connectivity index (χ4v) is 5.60. The molecule has 1 fully saturated rings. The molecule has 0 atom stereocenters. The van der Waals surface area contributed by atoms with Crippen LogP contribution in [0.3, 0.4) is 0 Å². The minimum atomic E-state index is -0.399. The molecule has 3 aromatic rings. The maximum atomic E-state index is 12.9. The number of carbonyl (C=O) groups is 2. The molecule has 0 unspecified atom stereocenters. The number of thiophene rings is 1. The Hall–Kier alpha value is -3.03. The van der Waals surface area contributed by atoms with Crippen molar-refractivity contribution in [1.29, 1.82) is 0 Å². The van der Waals surface area contributed by atoms with Gasteiger partial charge in [-0.1, -0.05) is 24.3 Å². The van der Waals surface area contributed by atoms with E-state index in [0.29, 0.717) is 18.2 Å². The molecule has 36 heavy (non-hydrogen) atoms. The maximum absolute atomic E-state index is 12.9. The number of aromatic nitrogens is 1. The highest BCUT2D eigenvalue weighted by Gasteiger charge is 2.26. The topological polar surface area (TPSA) is 88.3 Å². The van der Waals surface area contributed by atoms with Gasteiger partial charge in [-0.05, 0) is 90.6 Å². The first-order valence-corrected chi connectivity index (χ1v) is 13.5. The minimum Gasteiger partial charge on any atom is -0.343 e. The van der Waals surface area contributed by atoms with Crippen molar-refractivity contribution in [3.63, 3.8) is 0 Å². The van der Waals surface area contributed by atoms with Crippen LogP contribution in [0.25, 0.3) is 22.3 Å². The van der Waals surface area contributed by atoms with E-state index in [0.717, 1.165) is 53.5 Å². The third-order valence-electron chi connectivity index (χ3n) is 7.28. The zero-order valence-electron chi connectivity index (χ0n) is 21.6. The van der Waals surface area contributed by atoms with Crippen molar-refractivity contribution in [3.05, 3.63) is 58.9 Å². The average molecular weight is 505 g/mol. The van der Waals surface area contributed by atoms with Gasteiger partial charge in [0.15, 0.2) is 0 Å². The number of nitrogens with two attached hydrogens (primary N) is 1. The molecule has 0 saturated heterocycles. The van der Waals surface area contributed by atoms with Crippen LogP contribution in [0.2, 0.25) is 0 Å². The smallest absolute Gasteiger partial charge is 0.225 e. The first-order chi connectivity index (χ1) is 17.1. The molecular weight excluding hydrogens is 468 g/mol. The summed E-state index contributed by atoms with van der Waals surface area (Å²) in [6.07, 6.45) is 6.13. The zero-order chi connectivity index (χ0) is 25.9. The zero-order valence-corrected chi connectivity index (χ0v) is 22.4. The Morgan fingerprint density at radius 1 is 1.08 bits per heavy atom. The summed E-state index contributed by atoms with van der Waals surface area (Å²) in [6.45, 7) is 5.60. The Morgan fingerprint density at radius 2 is 1.78 bits per heavy atom. The van der Waals surface area contributed by atoms with Crippen molar-refractivity contribution >= 4 is 29.0 Å². The van der Waals surface area contributed by atoms with Crippen LogP contribution in [0.1, 0.15) is 58.4 Å². The molecule has 7 heteroatoms. The second kappa shape index (κ2) is 10.9. The van der Waals surface area contributed by atoms with E-state index in [1.54, 1.807) is 18.3 Å². The molecule has 2 amide bonds. The van der Waals surface area contributed by atoms with E-state index in [1.807, 2.05) is 38.1 Å². The van der Waals surface area contributed by atoms with E-state index in [1.165, 1.54) is 0 Å². The molecule has 1 saturated carbocycles. The molecule has 1 aliphatic rings. The van der Waals surface area contributed by atoms with Gasteiger partial charge in [-0.15, -0.1) is 0 Å². The molecule has 2 aromatic heterocycles. The van der Waals surface area contributed by atoms with E-state index in [2.05, 4.69) is 51.4 Å². The fraction of sp³-hybridized carbons (Fsp3) is 0.414. The van der Waals surface area contributed by atoms with Gasteiger partial charge in [0.2, 0.25) is 11.8 Å². The number of nitrogens with zero attached hydrogens (tertiary/aromatic N) is 2. The van der Waals surface area contributed by atoms with Crippen molar-refractivity contribution in [2.75, 3.05) is 12.4 Å². The number of pyridine rings is 1. The Balaban J connectivity index is 1.47. The number of carbonyl (C=O) groups excluding carboxylic acids is 2. The summed E-state index contributed by atoms with van der Waals surface area (Å²) in [5, 5.41) is 7.19. The van der Waals surface area contributed by atoms with Crippen LogP contribution in [0.15, 0.2) is 53.4 Å². The average Bonchev–Trinajstić information content (AvgIpc) is 3.38. The van der Waals surface area contributed by atoms with Crippen LogP contribution < -0.4 is 11.1 Å². The maximum Gasteiger partial charge on any atom is 0.225 e. The number of anilines is 1. The lowest BCUT2D eigenvalue weighted by Crippen LogP contribution is -2.38. The van der Waals surface area contributed by atoms with Gasteiger partial charge in [0.05, 0.1) is 0 Å². The van der Waals surface area contributed by atoms with E-state index < -0.39 is 5.54 Å². The second-order valence-electron chi connectivity index (χ2n) is 10.5. The Bertz CT molecular complexity index is 1190. The van der Waals surface area contributed by atoms with Crippen LogP contribution in [-0.2, 0) is 15.1 Å². The number of nitrogens with one attached hydrogen (secondary N) is 1. The van der Waals surface area contributed by atoms with Crippen molar-refractivity contribution in [3.8, 4) is 22.3 Å². The highest BCUT2D eigenvalue weighted by molar-refractivity contribution is 7.08. The van der Waals surface area contributed by atoms with Crippen molar-refractivity contribution < 1.29 is 9.59 Å². The Morgan fingerprint density at radius 3 is 2.36 bits per heavy atom. The predicted octanol–water partition coefficient (Wildman–Crippen LogP) is 6.04. The molecule has 1 aliphatic carbocycles. The van der Waals surface area contributed by atoms with Gasteiger partial charge in [0.25, 0.3) is 0 Å². The number of hydrogen-bond acceptors (Lipinski definition) is 5. The van der Waals surface area contributed by atoms with E-state index in [4.69, 9.17) is 5.73 Å². The molecule has 0 aliphatic heterocycles.